The number of nitrogens with one attached hydrogen (secondary N) is 1. The van der Waals surface area contributed by atoms with Crippen LogP contribution >= 0.6 is 11.8 Å². The molecular weight excluding hydrogens is 232 g/mol. The summed E-state index contributed by atoms with van der Waals surface area (Å²) in [7, 11) is 1.99. The van der Waals surface area contributed by atoms with E-state index in [0.29, 0.717) is 0 Å². The van der Waals surface area contributed by atoms with E-state index in [9.17, 15) is 0 Å². The largest absolute Gasteiger partial charge is 0.378 e. The SMILES string of the molecule is CNCc1cc(SC)ccc1N1CCOCC1. The zero-order chi connectivity index (χ0) is 12.1. The van der Waals surface area contributed by atoms with E-state index in [2.05, 4.69) is 34.7 Å². The van der Waals surface area contributed by atoms with Crippen molar-refractivity contribution < 1.29 is 4.74 Å². The Kier molecular flexibility index (Phi) is 4.71. The molecule has 0 radical (unpaired) electrons. The molecule has 0 bridgehead atoms. The van der Waals surface area contributed by atoms with Gasteiger partial charge in [-0.15, -0.1) is 11.8 Å². The normalized spacial score (nSPS) is 16.2. The van der Waals surface area contributed by atoms with Crippen LogP contribution in [-0.2, 0) is 11.3 Å². The van der Waals surface area contributed by atoms with E-state index in [0.717, 1.165) is 32.8 Å². The van der Waals surface area contributed by atoms with Crippen molar-refractivity contribution in [3.8, 4) is 0 Å². The molecule has 0 saturated carbocycles. The molecular formula is C13H20N2OS. The lowest BCUT2D eigenvalue weighted by atomic mass is 10.1. The summed E-state index contributed by atoms with van der Waals surface area (Å²) in [5.41, 5.74) is 2.72. The molecule has 0 unspecified atom stereocenters. The number of benzene rings is 1. The van der Waals surface area contributed by atoms with Crippen molar-refractivity contribution in [2.24, 2.45) is 0 Å². The maximum atomic E-state index is 5.40. The van der Waals surface area contributed by atoms with Gasteiger partial charge in [0.15, 0.2) is 0 Å². The second kappa shape index (κ2) is 6.28. The van der Waals surface area contributed by atoms with E-state index in [1.54, 1.807) is 11.8 Å². The van der Waals surface area contributed by atoms with Crippen LogP contribution in [0, 0.1) is 0 Å². The number of rotatable bonds is 4. The van der Waals surface area contributed by atoms with E-state index in [1.165, 1.54) is 16.1 Å². The van der Waals surface area contributed by atoms with Crippen LogP contribution in [0.25, 0.3) is 0 Å². The molecule has 1 fully saturated rings. The second-order valence-corrected chi connectivity index (χ2v) is 5.00. The van der Waals surface area contributed by atoms with Gasteiger partial charge in [-0.25, -0.2) is 0 Å². The zero-order valence-electron chi connectivity index (χ0n) is 10.5. The van der Waals surface area contributed by atoms with Gasteiger partial charge in [-0.2, -0.15) is 0 Å². The number of ether oxygens (including phenoxy) is 1. The summed E-state index contributed by atoms with van der Waals surface area (Å²) < 4.78 is 5.40. The van der Waals surface area contributed by atoms with Gasteiger partial charge in [0.2, 0.25) is 0 Å². The Bertz CT molecular complexity index is 364. The van der Waals surface area contributed by atoms with Crippen LogP contribution in [0.5, 0.6) is 0 Å². The van der Waals surface area contributed by atoms with Crippen molar-refractivity contribution in [1.82, 2.24) is 5.32 Å². The van der Waals surface area contributed by atoms with Crippen LogP contribution in [0.2, 0.25) is 0 Å². The van der Waals surface area contributed by atoms with E-state index in [-0.39, 0.29) is 0 Å². The Morgan fingerprint density at radius 2 is 2.12 bits per heavy atom. The smallest absolute Gasteiger partial charge is 0.0642 e. The fraction of sp³-hybridized carbons (Fsp3) is 0.538. The van der Waals surface area contributed by atoms with Crippen molar-refractivity contribution >= 4 is 17.4 Å². The van der Waals surface area contributed by atoms with Crippen LogP contribution in [0.15, 0.2) is 23.1 Å². The van der Waals surface area contributed by atoms with E-state index in [1.807, 2.05) is 7.05 Å². The summed E-state index contributed by atoms with van der Waals surface area (Å²) in [6, 6.07) is 6.73. The molecule has 1 N–H and O–H groups in total. The molecule has 0 amide bonds. The predicted octanol–water partition coefficient (Wildman–Crippen LogP) is 1.96. The van der Waals surface area contributed by atoms with Crippen LogP contribution in [0.1, 0.15) is 5.56 Å². The third-order valence-electron chi connectivity index (χ3n) is 3.01. The lowest BCUT2D eigenvalue weighted by Crippen LogP contribution is -2.37. The highest BCUT2D eigenvalue weighted by Crippen LogP contribution is 2.26. The fourth-order valence-electron chi connectivity index (χ4n) is 2.13. The molecule has 1 heterocycles. The fourth-order valence-corrected chi connectivity index (χ4v) is 2.60. The molecule has 0 atom stereocenters. The molecule has 3 nitrogen and oxygen atoms in total. The molecule has 2 rings (SSSR count). The van der Waals surface area contributed by atoms with Gasteiger partial charge in [0.05, 0.1) is 13.2 Å². The Morgan fingerprint density at radius 1 is 1.35 bits per heavy atom. The van der Waals surface area contributed by atoms with Gasteiger partial charge >= 0.3 is 0 Å². The Hall–Kier alpha value is -0.710. The van der Waals surface area contributed by atoms with Crippen LogP contribution in [0.4, 0.5) is 5.69 Å². The minimum atomic E-state index is 0.837. The number of nitrogens with zero attached hydrogens (tertiary/aromatic N) is 1. The number of hydrogen-bond acceptors (Lipinski definition) is 4. The quantitative estimate of drug-likeness (QED) is 0.828. The highest BCUT2D eigenvalue weighted by atomic mass is 32.2. The van der Waals surface area contributed by atoms with Crippen molar-refractivity contribution in [1.29, 1.82) is 0 Å². The lowest BCUT2D eigenvalue weighted by molar-refractivity contribution is 0.122. The third-order valence-corrected chi connectivity index (χ3v) is 3.73. The highest BCUT2D eigenvalue weighted by Gasteiger charge is 2.14. The lowest BCUT2D eigenvalue weighted by Gasteiger charge is -2.30. The summed E-state index contributed by atoms with van der Waals surface area (Å²) in [6.07, 6.45) is 2.12. The van der Waals surface area contributed by atoms with Gasteiger partial charge in [0.1, 0.15) is 0 Å². The summed E-state index contributed by atoms with van der Waals surface area (Å²) in [5.74, 6) is 0. The number of morpholine rings is 1. The van der Waals surface area contributed by atoms with Gasteiger partial charge in [-0.1, -0.05) is 0 Å². The van der Waals surface area contributed by atoms with Gasteiger partial charge in [-0.05, 0) is 37.1 Å². The first-order valence-corrected chi connectivity index (χ1v) is 7.22. The minimum Gasteiger partial charge on any atom is -0.378 e. The predicted molar refractivity (Wildman–Crippen MR) is 74.0 cm³/mol. The molecule has 4 heteroatoms. The average Bonchev–Trinajstić information content (AvgIpc) is 2.40. The molecule has 94 valence electrons. The van der Waals surface area contributed by atoms with E-state index < -0.39 is 0 Å². The highest BCUT2D eigenvalue weighted by molar-refractivity contribution is 7.98. The van der Waals surface area contributed by atoms with Crippen LogP contribution in [0.3, 0.4) is 0 Å². The van der Waals surface area contributed by atoms with Crippen molar-refractivity contribution in [2.75, 3.05) is 44.5 Å². The van der Waals surface area contributed by atoms with Crippen LogP contribution < -0.4 is 10.2 Å². The molecule has 1 aliphatic rings. The maximum absolute atomic E-state index is 5.40. The maximum Gasteiger partial charge on any atom is 0.0642 e. The minimum absolute atomic E-state index is 0.837. The first-order valence-electron chi connectivity index (χ1n) is 5.99. The van der Waals surface area contributed by atoms with Gasteiger partial charge in [-0.3, -0.25) is 0 Å². The van der Waals surface area contributed by atoms with Crippen molar-refractivity contribution in [3.05, 3.63) is 23.8 Å². The van der Waals surface area contributed by atoms with E-state index in [4.69, 9.17) is 4.74 Å². The first kappa shape index (κ1) is 12.7. The van der Waals surface area contributed by atoms with Gasteiger partial charge < -0.3 is 15.0 Å². The zero-order valence-corrected chi connectivity index (χ0v) is 11.3. The van der Waals surface area contributed by atoms with Crippen molar-refractivity contribution in [3.63, 3.8) is 0 Å². The summed E-state index contributed by atoms with van der Waals surface area (Å²) in [4.78, 5) is 3.74. The molecule has 1 saturated heterocycles. The average molecular weight is 252 g/mol. The standard InChI is InChI=1S/C13H20N2OS/c1-14-10-11-9-12(17-2)3-4-13(11)15-5-7-16-8-6-15/h3-4,9,14H,5-8,10H2,1-2H3. The summed E-state index contributed by atoms with van der Waals surface area (Å²) >= 11 is 1.79. The molecule has 1 aromatic carbocycles. The number of hydrogen-bond donors (Lipinski definition) is 1. The van der Waals surface area contributed by atoms with Crippen molar-refractivity contribution in [2.45, 2.75) is 11.4 Å². The molecule has 0 aliphatic carbocycles. The van der Waals surface area contributed by atoms with Gasteiger partial charge in [0.25, 0.3) is 0 Å². The topological polar surface area (TPSA) is 24.5 Å². The second-order valence-electron chi connectivity index (χ2n) is 4.12. The Balaban J connectivity index is 2.24. The monoisotopic (exact) mass is 252 g/mol. The Labute approximate surface area is 108 Å². The summed E-state index contributed by atoms with van der Waals surface area (Å²) in [5, 5.41) is 3.25. The number of thioether (sulfide) groups is 1. The molecule has 1 aromatic rings. The van der Waals surface area contributed by atoms with Crippen LogP contribution in [-0.4, -0.2) is 39.6 Å². The molecule has 1 aliphatic heterocycles. The first-order chi connectivity index (χ1) is 8.35. The third kappa shape index (κ3) is 3.15. The van der Waals surface area contributed by atoms with E-state index >= 15 is 0 Å². The summed E-state index contributed by atoms with van der Waals surface area (Å²) in [6.45, 7) is 4.58. The molecule has 17 heavy (non-hydrogen) atoms. The molecule has 0 spiro atoms. The number of anilines is 1. The Morgan fingerprint density at radius 3 is 2.76 bits per heavy atom. The van der Waals surface area contributed by atoms with Gasteiger partial charge in [0, 0.05) is 30.2 Å². The molecule has 0 aromatic heterocycles.